The Kier molecular flexibility index (Phi) is 3.12. The van der Waals surface area contributed by atoms with Gasteiger partial charge in [-0.2, -0.15) is 5.21 Å². The monoisotopic (exact) mass is 240 g/mol. The lowest BCUT2D eigenvalue weighted by Gasteiger charge is -2.10. The van der Waals surface area contributed by atoms with E-state index in [9.17, 15) is 8.78 Å². The Balaban J connectivity index is 2.14. The molecular formula is C9H10F2N6. The third kappa shape index (κ3) is 2.65. The van der Waals surface area contributed by atoms with Crippen LogP contribution in [0.15, 0.2) is 18.2 Å². The van der Waals surface area contributed by atoms with E-state index < -0.39 is 6.43 Å². The fourth-order valence-electron chi connectivity index (χ4n) is 1.35. The van der Waals surface area contributed by atoms with Gasteiger partial charge < -0.3 is 11.1 Å². The second-order valence-corrected chi connectivity index (χ2v) is 3.33. The van der Waals surface area contributed by atoms with E-state index in [2.05, 4.69) is 25.9 Å². The standard InChI is InChI=1S/C9H10F2N6/c10-9(11)6-3-5(12)1-2-7(6)13-4-8-14-16-17-15-8/h1-3,9,13H,4,12H2,(H,14,15,16,17). The summed E-state index contributed by atoms with van der Waals surface area (Å²) in [4.78, 5) is 0. The van der Waals surface area contributed by atoms with Gasteiger partial charge in [-0.25, -0.2) is 8.78 Å². The Hall–Kier alpha value is -2.25. The molecule has 0 unspecified atom stereocenters. The molecule has 0 aliphatic heterocycles. The molecule has 0 spiro atoms. The number of nitrogens with one attached hydrogen (secondary N) is 2. The maximum absolute atomic E-state index is 12.7. The number of H-pyrrole nitrogens is 1. The molecule has 1 aromatic carbocycles. The second kappa shape index (κ2) is 4.73. The van der Waals surface area contributed by atoms with Gasteiger partial charge in [-0.05, 0) is 18.2 Å². The average Bonchev–Trinajstić information content (AvgIpc) is 2.80. The van der Waals surface area contributed by atoms with Gasteiger partial charge in [0.05, 0.1) is 6.54 Å². The van der Waals surface area contributed by atoms with E-state index in [0.717, 1.165) is 0 Å². The molecular weight excluding hydrogens is 230 g/mol. The lowest BCUT2D eigenvalue weighted by molar-refractivity contribution is 0.152. The Morgan fingerprint density at radius 2 is 2.24 bits per heavy atom. The number of hydrogen-bond acceptors (Lipinski definition) is 5. The predicted octanol–water partition coefficient (Wildman–Crippen LogP) is 1.33. The van der Waals surface area contributed by atoms with Gasteiger partial charge in [0.2, 0.25) is 0 Å². The summed E-state index contributed by atoms with van der Waals surface area (Å²) in [5.74, 6) is 0.391. The largest absolute Gasteiger partial charge is 0.399 e. The lowest BCUT2D eigenvalue weighted by Crippen LogP contribution is -2.05. The van der Waals surface area contributed by atoms with Gasteiger partial charge in [-0.3, -0.25) is 0 Å². The summed E-state index contributed by atoms with van der Waals surface area (Å²) in [6, 6.07) is 4.28. The Morgan fingerprint density at radius 1 is 1.41 bits per heavy atom. The summed E-state index contributed by atoms with van der Waals surface area (Å²) in [6.07, 6.45) is -2.59. The van der Waals surface area contributed by atoms with Crippen LogP contribution in [-0.4, -0.2) is 20.6 Å². The molecule has 0 fully saturated rings. The highest BCUT2D eigenvalue weighted by Crippen LogP contribution is 2.29. The number of nitrogens with zero attached hydrogens (tertiary/aromatic N) is 3. The minimum absolute atomic E-state index is 0.145. The number of hydrogen-bond donors (Lipinski definition) is 3. The zero-order chi connectivity index (χ0) is 12.3. The molecule has 0 aliphatic rings. The maximum Gasteiger partial charge on any atom is 0.265 e. The van der Waals surface area contributed by atoms with Crippen molar-refractivity contribution >= 4 is 11.4 Å². The van der Waals surface area contributed by atoms with E-state index in [-0.39, 0.29) is 12.1 Å². The molecule has 0 radical (unpaired) electrons. The molecule has 0 amide bonds. The van der Waals surface area contributed by atoms with Crippen LogP contribution in [0.4, 0.5) is 20.2 Å². The van der Waals surface area contributed by atoms with E-state index in [1.54, 1.807) is 6.07 Å². The lowest BCUT2D eigenvalue weighted by atomic mass is 10.1. The van der Waals surface area contributed by atoms with Crippen molar-refractivity contribution in [2.45, 2.75) is 13.0 Å². The van der Waals surface area contributed by atoms with Crippen molar-refractivity contribution in [3.63, 3.8) is 0 Å². The molecule has 0 saturated heterocycles. The first-order chi connectivity index (χ1) is 8.16. The van der Waals surface area contributed by atoms with Gasteiger partial charge in [0.25, 0.3) is 6.43 Å². The molecule has 0 saturated carbocycles. The fraction of sp³-hybridized carbons (Fsp3) is 0.222. The van der Waals surface area contributed by atoms with E-state index in [1.807, 2.05) is 0 Å². The van der Waals surface area contributed by atoms with Crippen LogP contribution >= 0.6 is 0 Å². The number of aromatic nitrogens is 4. The van der Waals surface area contributed by atoms with Gasteiger partial charge >= 0.3 is 0 Å². The number of aromatic amines is 1. The van der Waals surface area contributed by atoms with E-state index >= 15 is 0 Å². The molecule has 0 aliphatic carbocycles. The summed E-state index contributed by atoms with van der Waals surface area (Å²) in [5.41, 5.74) is 5.91. The Morgan fingerprint density at radius 3 is 2.88 bits per heavy atom. The van der Waals surface area contributed by atoms with Crippen LogP contribution in [0.2, 0.25) is 0 Å². The maximum atomic E-state index is 12.7. The Bertz CT molecular complexity index is 484. The quantitative estimate of drug-likeness (QED) is 0.701. The van der Waals surface area contributed by atoms with Gasteiger partial charge in [0.1, 0.15) is 0 Å². The molecule has 2 rings (SSSR count). The van der Waals surface area contributed by atoms with Gasteiger partial charge in [0, 0.05) is 16.9 Å². The van der Waals surface area contributed by atoms with Crippen LogP contribution in [-0.2, 0) is 6.54 Å². The first kappa shape index (κ1) is 11.2. The van der Waals surface area contributed by atoms with E-state index in [4.69, 9.17) is 5.73 Å². The van der Waals surface area contributed by atoms with Crippen molar-refractivity contribution in [2.75, 3.05) is 11.1 Å². The zero-order valence-electron chi connectivity index (χ0n) is 8.69. The molecule has 0 bridgehead atoms. The second-order valence-electron chi connectivity index (χ2n) is 3.33. The van der Waals surface area contributed by atoms with Crippen molar-refractivity contribution in [3.05, 3.63) is 29.6 Å². The minimum atomic E-state index is -2.59. The average molecular weight is 240 g/mol. The van der Waals surface area contributed by atoms with E-state index in [1.165, 1.54) is 12.1 Å². The number of halogens is 2. The summed E-state index contributed by atoms with van der Waals surface area (Å²) in [7, 11) is 0. The number of nitrogen functional groups attached to an aromatic ring is 1. The van der Waals surface area contributed by atoms with Gasteiger partial charge in [-0.15, -0.1) is 10.2 Å². The van der Waals surface area contributed by atoms with Crippen LogP contribution in [0, 0.1) is 0 Å². The Labute approximate surface area is 95.2 Å². The molecule has 2 aromatic rings. The van der Waals surface area contributed by atoms with E-state index in [0.29, 0.717) is 17.2 Å². The molecule has 0 atom stereocenters. The van der Waals surface area contributed by atoms with Crippen molar-refractivity contribution in [1.29, 1.82) is 0 Å². The normalized spacial score (nSPS) is 10.8. The minimum Gasteiger partial charge on any atom is -0.399 e. The molecule has 6 nitrogen and oxygen atoms in total. The first-order valence-corrected chi connectivity index (χ1v) is 4.80. The number of anilines is 2. The van der Waals surface area contributed by atoms with Crippen molar-refractivity contribution in [2.24, 2.45) is 0 Å². The summed E-state index contributed by atoms with van der Waals surface area (Å²) in [6.45, 7) is 0.208. The van der Waals surface area contributed by atoms with Crippen LogP contribution in [0.5, 0.6) is 0 Å². The molecule has 17 heavy (non-hydrogen) atoms. The summed E-state index contributed by atoms with van der Waals surface area (Å²) < 4.78 is 25.5. The SMILES string of the molecule is Nc1ccc(NCc2nn[nH]n2)c(C(F)F)c1. The van der Waals surface area contributed by atoms with Crippen LogP contribution in [0.1, 0.15) is 17.8 Å². The third-order valence-corrected chi connectivity index (χ3v) is 2.14. The molecule has 8 heteroatoms. The van der Waals surface area contributed by atoms with Gasteiger partial charge in [-0.1, -0.05) is 5.21 Å². The first-order valence-electron chi connectivity index (χ1n) is 4.80. The van der Waals surface area contributed by atoms with Crippen LogP contribution in [0.3, 0.4) is 0 Å². The smallest absolute Gasteiger partial charge is 0.265 e. The highest BCUT2D eigenvalue weighted by atomic mass is 19.3. The number of rotatable bonds is 4. The zero-order valence-corrected chi connectivity index (χ0v) is 8.69. The number of alkyl halides is 2. The molecule has 4 N–H and O–H groups in total. The molecule has 90 valence electrons. The molecule has 1 aromatic heterocycles. The van der Waals surface area contributed by atoms with Crippen molar-refractivity contribution in [1.82, 2.24) is 20.6 Å². The number of nitrogens with two attached hydrogens (primary N) is 1. The topological polar surface area (TPSA) is 92.5 Å². The van der Waals surface area contributed by atoms with Crippen molar-refractivity contribution < 1.29 is 8.78 Å². The highest BCUT2D eigenvalue weighted by Gasteiger charge is 2.13. The summed E-state index contributed by atoms with van der Waals surface area (Å²) >= 11 is 0. The van der Waals surface area contributed by atoms with Crippen LogP contribution < -0.4 is 11.1 Å². The third-order valence-electron chi connectivity index (χ3n) is 2.14. The van der Waals surface area contributed by atoms with Gasteiger partial charge in [0.15, 0.2) is 5.82 Å². The highest BCUT2D eigenvalue weighted by molar-refractivity contribution is 5.58. The number of benzene rings is 1. The van der Waals surface area contributed by atoms with Crippen LogP contribution in [0.25, 0.3) is 0 Å². The molecule has 1 heterocycles. The summed E-state index contributed by atoms with van der Waals surface area (Å²) in [5, 5.41) is 15.8. The predicted molar refractivity (Wildman–Crippen MR) is 57.3 cm³/mol. The fourth-order valence-corrected chi connectivity index (χ4v) is 1.35. The number of tetrazole rings is 1. The van der Waals surface area contributed by atoms with Crippen molar-refractivity contribution in [3.8, 4) is 0 Å².